The van der Waals surface area contributed by atoms with Crippen LogP contribution in [-0.4, -0.2) is 25.3 Å². The highest BCUT2D eigenvalue weighted by Gasteiger charge is 2.42. The van der Waals surface area contributed by atoms with Crippen LogP contribution >= 0.6 is 0 Å². The highest BCUT2D eigenvalue weighted by atomic mass is 16.5. The van der Waals surface area contributed by atoms with E-state index >= 15 is 0 Å². The Morgan fingerprint density at radius 3 is 2.61 bits per heavy atom. The van der Waals surface area contributed by atoms with Crippen molar-refractivity contribution in [2.45, 2.75) is 76.4 Å². The van der Waals surface area contributed by atoms with Gasteiger partial charge in [-0.05, 0) is 51.5 Å². The van der Waals surface area contributed by atoms with Crippen molar-refractivity contribution in [2.24, 2.45) is 0 Å². The minimum Gasteiger partial charge on any atom is -0.376 e. The molecule has 0 radical (unpaired) electrons. The van der Waals surface area contributed by atoms with E-state index in [1.807, 2.05) is 7.11 Å². The molecule has 2 heteroatoms. The van der Waals surface area contributed by atoms with E-state index < -0.39 is 0 Å². The monoisotopic (exact) mass is 251 g/mol. The number of nitrogens with one attached hydrogen (secondary N) is 1. The van der Waals surface area contributed by atoms with Crippen molar-refractivity contribution in [1.29, 1.82) is 0 Å². The van der Waals surface area contributed by atoms with Crippen molar-refractivity contribution in [2.75, 3.05) is 13.7 Å². The summed E-state index contributed by atoms with van der Waals surface area (Å²) in [6.45, 7) is 3.35. The first-order valence-corrected chi connectivity index (χ1v) is 7.80. The molecular weight excluding hydrogens is 222 g/mol. The highest BCUT2D eigenvalue weighted by molar-refractivity contribution is 5.20. The molecule has 1 unspecified atom stereocenters. The average molecular weight is 251 g/mol. The van der Waals surface area contributed by atoms with Gasteiger partial charge in [0.2, 0.25) is 0 Å². The first kappa shape index (κ1) is 14.1. The van der Waals surface area contributed by atoms with E-state index in [2.05, 4.69) is 18.3 Å². The molecule has 1 N–H and O–H groups in total. The van der Waals surface area contributed by atoms with Gasteiger partial charge in [0, 0.05) is 7.11 Å². The second-order valence-electron chi connectivity index (χ2n) is 5.89. The molecule has 2 rings (SSSR count). The first-order chi connectivity index (χ1) is 8.82. The van der Waals surface area contributed by atoms with E-state index in [1.54, 1.807) is 5.57 Å². The van der Waals surface area contributed by atoms with Gasteiger partial charge in [-0.2, -0.15) is 0 Å². The van der Waals surface area contributed by atoms with Crippen LogP contribution < -0.4 is 5.32 Å². The summed E-state index contributed by atoms with van der Waals surface area (Å²) in [6.07, 6.45) is 14.0. The van der Waals surface area contributed by atoms with Crippen molar-refractivity contribution >= 4 is 0 Å². The largest absolute Gasteiger partial charge is 0.376 e. The molecule has 0 aromatic heterocycles. The van der Waals surface area contributed by atoms with Gasteiger partial charge < -0.3 is 10.1 Å². The summed E-state index contributed by atoms with van der Waals surface area (Å²) in [6, 6.07) is 0.463. The Morgan fingerprint density at radius 1 is 1.28 bits per heavy atom. The summed E-state index contributed by atoms with van der Waals surface area (Å²) in [5.74, 6) is 0. The molecule has 2 nitrogen and oxygen atoms in total. The molecule has 0 heterocycles. The number of rotatable bonds is 6. The lowest BCUT2D eigenvalue weighted by molar-refractivity contribution is -0.0269. The maximum absolute atomic E-state index is 6.01. The van der Waals surface area contributed by atoms with Crippen LogP contribution in [0, 0.1) is 0 Å². The molecule has 0 aromatic rings. The van der Waals surface area contributed by atoms with Gasteiger partial charge in [-0.3, -0.25) is 0 Å². The Labute approximate surface area is 112 Å². The second-order valence-corrected chi connectivity index (χ2v) is 5.89. The highest BCUT2D eigenvalue weighted by Crippen LogP contribution is 2.40. The number of methoxy groups -OCH3 is 1. The van der Waals surface area contributed by atoms with Crippen LogP contribution in [0.15, 0.2) is 11.6 Å². The van der Waals surface area contributed by atoms with Crippen molar-refractivity contribution in [3.8, 4) is 0 Å². The van der Waals surface area contributed by atoms with E-state index in [0.29, 0.717) is 6.04 Å². The zero-order chi connectivity index (χ0) is 12.8. The van der Waals surface area contributed by atoms with Crippen LogP contribution in [0.5, 0.6) is 0 Å². The van der Waals surface area contributed by atoms with Gasteiger partial charge in [0.25, 0.3) is 0 Å². The zero-order valence-electron chi connectivity index (χ0n) is 12.1. The minimum absolute atomic E-state index is 0.0817. The van der Waals surface area contributed by atoms with Crippen molar-refractivity contribution in [3.05, 3.63) is 11.6 Å². The molecule has 0 aromatic carbocycles. The predicted molar refractivity (Wildman–Crippen MR) is 76.8 cm³/mol. The van der Waals surface area contributed by atoms with Gasteiger partial charge in [0.1, 0.15) is 0 Å². The molecule has 0 spiro atoms. The lowest BCUT2D eigenvalue weighted by atomic mass is 9.82. The zero-order valence-corrected chi connectivity index (χ0v) is 12.1. The average Bonchev–Trinajstić information content (AvgIpc) is 2.90. The maximum atomic E-state index is 6.01. The van der Waals surface area contributed by atoms with Crippen LogP contribution in [0.2, 0.25) is 0 Å². The third kappa shape index (κ3) is 2.97. The van der Waals surface area contributed by atoms with E-state index in [-0.39, 0.29) is 5.60 Å². The standard InChI is InChI=1S/C16H29NO/c1-3-13-17-15(14-9-5-4-6-10-14)16(18-2)11-7-8-12-16/h9,15,17H,3-8,10-13H2,1-2H3. The molecule has 1 fully saturated rings. The summed E-state index contributed by atoms with van der Waals surface area (Å²) >= 11 is 0. The van der Waals surface area contributed by atoms with Gasteiger partial charge in [-0.15, -0.1) is 0 Å². The SMILES string of the molecule is CCCNC(C1=CCCCC1)C1(OC)CCCC1. The molecule has 0 aliphatic heterocycles. The van der Waals surface area contributed by atoms with Crippen molar-refractivity contribution < 1.29 is 4.74 Å². The fourth-order valence-electron chi connectivity index (χ4n) is 3.65. The summed E-state index contributed by atoms with van der Waals surface area (Å²) in [7, 11) is 1.91. The van der Waals surface area contributed by atoms with Crippen LogP contribution in [0.1, 0.15) is 64.7 Å². The van der Waals surface area contributed by atoms with Gasteiger partial charge in [-0.1, -0.05) is 31.4 Å². The molecule has 2 aliphatic carbocycles. The summed E-state index contributed by atoms with van der Waals surface area (Å²) in [5.41, 5.74) is 1.71. The quantitative estimate of drug-likeness (QED) is 0.725. The van der Waals surface area contributed by atoms with Crippen LogP contribution in [0.25, 0.3) is 0 Å². The van der Waals surface area contributed by atoms with E-state index in [1.165, 1.54) is 57.8 Å². The lowest BCUT2D eigenvalue weighted by Crippen LogP contribution is -2.52. The van der Waals surface area contributed by atoms with Gasteiger partial charge >= 0.3 is 0 Å². The molecule has 0 amide bonds. The Balaban J connectivity index is 2.14. The summed E-state index contributed by atoms with van der Waals surface area (Å²) in [5, 5.41) is 3.78. The predicted octanol–water partition coefficient (Wildman–Crippen LogP) is 3.81. The van der Waals surface area contributed by atoms with Crippen LogP contribution in [0.3, 0.4) is 0 Å². The first-order valence-electron chi connectivity index (χ1n) is 7.80. The fraction of sp³-hybridized carbons (Fsp3) is 0.875. The molecule has 18 heavy (non-hydrogen) atoms. The Hall–Kier alpha value is -0.340. The number of hydrogen-bond donors (Lipinski definition) is 1. The third-order valence-corrected chi connectivity index (χ3v) is 4.68. The Bertz CT molecular complexity index is 279. The molecule has 0 bridgehead atoms. The van der Waals surface area contributed by atoms with E-state index in [9.17, 15) is 0 Å². The van der Waals surface area contributed by atoms with Gasteiger partial charge in [0.15, 0.2) is 0 Å². The smallest absolute Gasteiger partial charge is 0.0869 e. The third-order valence-electron chi connectivity index (χ3n) is 4.68. The molecule has 1 atom stereocenters. The minimum atomic E-state index is 0.0817. The molecular formula is C16H29NO. The van der Waals surface area contributed by atoms with Crippen molar-refractivity contribution in [3.63, 3.8) is 0 Å². The normalized spacial score (nSPS) is 24.9. The Morgan fingerprint density at radius 2 is 2.06 bits per heavy atom. The lowest BCUT2D eigenvalue weighted by Gasteiger charge is -2.39. The summed E-state index contributed by atoms with van der Waals surface area (Å²) in [4.78, 5) is 0. The number of hydrogen-bond acceptors (Lipinski definition) is 2. The van der Waals surface area contributed by atoms with Crippen molar-refractivity contribution in [1.82, 2.24) is 5.32 Å². The Kier molecular flexibility index (Phi) is 5.25. The topological polar surface area (TPSA) is 21.3 Å². The van der Waals surface area contributed by atoms with Crippen LogP contribution in [-0.2, 0) is 4.74 Å². The number of allylic oxidation sites excluding steroid dienone is 1. The molecule has 1 saturated carbocycles. The van der Waals surface area contributed by atoms with Gasteiger partial charge in [0.05, 0.1) is 11.6 Å². The fourth-order valence-corrected chi connectivity index (χ4v) is 3.65. The maximum Gasteiger partial charge on any atom is 0.0869 e. The molecule has 104 valence electrons. The number of ether oxygens (including phenoxy) is 1. The molecule has 2 aliphatic rings. The molecule has 0 saturated heterocycles. The second kappa shape index (κ2) is 6.72. The van der Waals surface area contributed by atoms with Gasteiger partial charge in [-0.25, -0.2) is 0 Å². The summed E-state index contributed by atoms with van der Waals surface area (Å²) < 4.78 is 6.01. The van der Waals surface area contributed by atoms with E-state index in [4.69, 9.17) is 4.74 Å². The van der Waals surface area contributed by atoms with Crippen LogP contribution in [0.4, 0.5) is 0 Å². The van der Waals surface area contributed by atoms with E-state index in [0.717, 1.165) is 6.54 Å².